The predicted octanol–water partition coefficient (Wildman–Crippen LogP) is 3.78. The lowest BCUT2D eigenvalue weighted by atomic mass is 10.2. The summed E-state index contributed by atoms with van der Waals surface area (Å²) in [5.74, 6) is 0. The minimum Gasteiger partial charge on any atom is -0.396 e. The third-order valence-corrected chi connectivity index (χ3v) is 2.35. The summed E-state index contributed by atoms with van der Waals surface area (Å²) in [7, 11) is 0. The fourth-order valence-corrected chi connectivity index (χ4v) is 1.53. The summed E-state index contributed by atoms with van der Waals surface area (Å²) < 4.78 is 0. The molecule has 0 amide bonds. The molecular formula is C11H12Cl2O. The molecule has 0 aliphatic carbocycles. The standard InChI is InChI=1S/C11H12Cl2O/c12-10-6-5-9(11(13)8-10)4-2-1-3-7-14/h2,4-6,8,14H,1,3,7H2/b4-2+. The largest absolute Gasteiger partial charge is 0.396 e. The van der Waals surface area contributed by atoms with E-state index in [1.165, 1.54) is 0 Å². The predicted molar refractivity (Wildman–Crippen MR) is 61.8 cm³/mol. The summed E-state index contributed by atoms with van der Waals surface area (Å²) >= 11 is 11.7. The maximum absolute atomic E-state index is 8.58. The van der Waals surface area contributed by atoms with Crippen molar-refractivity contribution in [3.05, 3.63) is 39.9 Å². The summed E-state index contributed by atoms with van der Waals surface area (Å²) in [5, 5.41) is 9.87. The first-order chi connectivity index (χ1) is 6.74. The van der Waals surface area contributed by atoms with Gasteiger partial charge in [0.05, 0.1) is 0 Å². The van der Waals surface area contributed by atoms with Gasteiger partial charge >= 0.3 is 0 Å². The lowest BCUT2D eigenvalue weighted by Crippen LogP contribution is -1.79. The van der Waals surface area contributed by atoms with Crippen LogP contribution in [0.5, 0.6) is 0 Å². The molecule has 1 aromatic rings. The van der Waals surface area contributed by atoms with E-state index in [1.807, 2.05) is 18.2 Å². The molecule has 0 aliphatic heterocycles. The maximum atomic E-state index is 8.58. The SMILES string of the molecule is OCCC/C=C/c1ccc(Cl)cc1Cl. The van der Waals surface area contributed by atoms with Crippen LogP contribution in [-0.2, 0) is 0 Å². The van der Waals surface area contributed by atoms with Crippen LogP contribution >= 0.6 is 23.2 Å². The van der Waals surface area contributed by atoms with Crippen molar-refractivity contribution < 1.29 is 5.11 Å². The van der Waals surface area contributed by atoms with E-state index in [1.54, 1.807) is 12.1 Å². The number of allylic oxidation sites excluding steroid dienone is 1. The number of aliphatic hydroxyl groups is 1. The molecular weight excluding hydrogens is 219 g/mol. The lowest BCUT2D eigenvalue weighted by molar-refractivity contribution is 0.290. The normalized spacial score (nSPS) is 11.1. The molecule has 1 rings (SSSR count). The number of rotatable bonds is 4. The van der Waals surface area contributed by atoms with Crippen molar-refractivity contribution in [1.29, 1.82) is 0 Å². The van der Waals surface area contributed by atoms with Crippen LogP contribution < -0.4 is 0 Å². The Morgan fingerprint density at radius 1 is 1.29 bits per heavy atom. The monoisotopic (exact) mass is 230 g/mol. The van der Waals surface area contributed by atoms with E-state index in [4.69, 9.17) is 28.3 Å². The number of halogens is 2. The summed E-state index contributed by atoms with van der Waals surface area (Å²) in [4.78, 5) is 0. The molecule has 14 heavy (non-hydrogen) atoms. The van der Waals surface area contributed by atoms with Crippen LogP contribution in [-0.4, -0.2) is 11.7 Å². The first-order valence-electron chi connectivity index (χ1n) is 4.46. The van der Waals surface area contributed by atoms with E-state index in [9.17, 15) is 0 Å². The van der Waals surface area contributed by atoms with Crippen molar-refractivity contribution in [2.24, 2.45) is 0 Å². The Morgan fingerprint density at radius 3 is 2.71 bits per heavy atom. The van der Waals surface area contributed by atoms with Gasteiger partial charge in [0, 0.05) is 16.7 Å². The number of aliphatic hydroxyl groups excluding tert-OH is 1. The molecule has 1 N–H and O–H groups in total. The third kappa shape index (κ3) is 3.70. The van der Waals surface area contributed by atoms with E-state index in [0.29, 0.717) is 10.0 Å². The second kappa shape index (κ2) is 6.07. The lowest BCUT2D eigenvalue weighted by Gasteiger charge is -1.98. The van der Waals surface area contributed by atoms with Crippen molar-refractivity contribution in [1.82, 2.24) is 0 Å². The second-order valence-corrected chi connectivity index (χ2v) is 3.78. The van der Waals surface area contributed by atoms with Gasteiger partial charge in [-0.15, -0.1) is 0 Å². The summed E-state index contributed by atoms with van der Waals surface area (Å²) in [6, 6.07) is 5.40. The van der Waals surface area contributed by atoms with Gasteiger partial charge in [0.2, 0.25) is 0 Å². The highest BCUT2D eigenvalue weighted by atomic mass is 35.5. The molecule has 0 spiro atoms. The van der Waals surface area contributed by atoms with Gasteiger partial charge in [0.25, 0.3) is 0 Å². The van der Waals surface area contributed by atoms with Crippen LogP contribution in [0, 0.1) is 0 Å². The van der Waals surface area contributed by atoms with Crippen molar-refractivity contribution in [2.75, 3.05) is 6.61 Å². The van der Waals surface area contributed by atoms with Gasteiger partial charge in [-0.1, -0.05) is 41.4 Å². The minimum absolute atomic E-state index is 0.221. The van der Waals surface area contributed by atoms with Gasteiger partial charge in [0.1, 0.15) is 0 Å². The zero-order valence-electron chi connectivity index (χ0n) is 7.71. The first-order valence-corrected chi connectivity index (χ1v) is 5.22. The number of benzene rings is 1. The Kier molecular flexibility index (Phi) is 5.02. The number of hydrogen-bond donors (Lipinski definition) is 1. The fourth-order valence-electron chi connectivity index (χ4n) is 1.06. The molecule has 1 aromatic carbocycles. The Bertz CT molecular complexity index is 321. The van der Waals surface area contributed by atoms with Gasteiger partial charge in [-0.05, 0) is 30.5 Å². The van der Waals surface area contributed by atoms with Gasteiger partial charge < -0.3 is 5.11 Å². The van der Waals surface area contributed by atoms with E-state index in [-0.39, 0.29) is 6.61 Å². The average Bonchev–Trinajstić information content (AvgIpc) is 2.15. The molecule has 0 aliphatic rings. The van der Waals surface area contributed by atoms with Crippen LogP contribution in [0.1, 0.15) is 18.4 Å². The van der Waals surface area contributed by atoms with Gasteiger partial charge in [-0.3, -0.25) is 0 Å². The number of unbranched alkanes of at least 4 members (excludes halogenated alkanes) is 1. The van der Waals surface area contributed by atoms with Crippen molar-refractivity contribution in [3.8, 4) is 0 Å². The van der Waals surface area contributed by atoms with Gasteiger partial charge in [0.15, 0.2) is 0 Å². The highest BCUT2D eigenvalue weighted by molar-refractivity contribution is 6.35. The zero-order chi connectivity index (χ0) is 10.4. The smallest absolute Gasteiger partial charge is 0.0493 e. The molecule has 0 saturated carbocycles. The van der Waals surface area contributed by atoms with Crippen LogP contribution in [0.4, 0.5) is 0 Å². The fraction of sp³-hybridized carbons (Fsp3) is 0.273. The Labute approximate surface area is 94.0 Å². The summed E-state index contributed by atoms with van der Waals surface area (Å²) in [5.41, 5.74) is 0.953. The van der Waals surface area contributed by atoms with E-state index >= 15 is 0 Å². The van der Waals surface area contributed by atoms with Crippen LogP contribution in [0.2, 0.25) is 10.0 Å². The molecule has 0 atom stereocenters. The molecule has 1 nitrogen and oxygen atoms in total. The zero-order valence-corrected chi connectivity index (χ0v) is 9.22. The van der Waals surface area contributed by atoms with Crippen LogP contribution in [0.15, 0.2) is 24.3 Å². The Hall–Kier alpha value is -0.500. The third-order valence-electron chi connectivity index (χ3n) is 1.79. The molecule has 76 valence electrons. The minimum atomic E-state index is 0.221. The molecule has 0 saturated heterocycles. The van der Waals surface area contributed by atoms with Crippen molar-refractivity contribution >= 4 is 29.3 Å². The molecule has 3 heteroatoms. The van der Waals surface area contributed by atoms with E-state index in [0.717, 1.165) is 18.4 Å². The van der Waals surface area contributed by atoms with Crippen molar-refractivity contribution in [3.63, 3.8) is 0 Å². The summed E-state index contributed by atoms with van der Waals surface area (Å²) in [6.07, 6.45) is 5.57. The highest BCUT2D eigenvalue weighted by Crippen LogP contribution is 2.22. The molecule has 0 unspecified atom stereocenters. The van der Waals surface area contributed by atoms with E-state index < -0.39 is 0 Å². The van der Waals surface area contributed by atoms with Gasteiger partial charge in [-0.25, -0.2) is 0 Å². The quantitative estimate of drug-likeness (QED) is 0.782. The van der Waals surface area contributed by atoms with E-state index in [2.05, 4.69) is 0 Å². The molecule has 0 bridgehead atoms. The summed E-state index contributed by atoms with van der Waals surface area (Å²) in [6.45, 7) is 0.221. The van der Waals surface area contributed by atoms with Gasteiger partial charge in [-0.2, -0.15) is 0 Å². The Balaban J connectivity index is 2.62. The maximum Gasteiger partial charge on any atom is 0.0493 e. The van der Waals surface area contributed by atoms with Crippen molar-refractivity contribution in [2.45, 2.75) is 12.8 Å². The topological polar surface area (TPSA) is 20.2 Å². The van der Waals surface area contributed by atoms with Crippen LogP contribution in [0.25, 0.3) is 6.08 Å². The molecule has 0 heterocycles. The van der Waals surface area contributed by atoms with Crippen LogP contribution in [0.3, 0.4) is 0 Å². The average molecular weight is 231 g/mol. The molecule has 0 radical (unpaired) electrons. The second-order valence-electron chi connectivity index (χ2n) is 2.93. The first kappa shape index (κ1) is 11.6. The molecule has 0 aromatic heterocycles. The highest BCUT2D eigenvalue weighted by Gasteiger charge is 1.96. The Morgan fingerprint density at radius 2 is 2.07 bits per heavy atom. The molecule has 0 fully saturated rings. The number of hydrogen-bond acceptors (Lipinski definition) is 1.